The van der Waals surface area contributed by atoms with E-state index in [2.05, 4.69) is 27.2 Å². The highest BCUT2D eigenvalue weighted by Gasteiger charge is 2.32. The third-order valence-electron chi connectivity index (χ3n) is 4.95. The average Bonchev–Trinajstić information content (AvgIpc) is 2.51. The molecule has 1 saturated heterocycles. The Hall–Kier alpha value is -1.43. The van der Waals surface area contributed by atoms with E-state index < -0.39 is 0 Å². The number of hydrogen-bond acceptors (Lipinski definition) is 4. The second-order valence-electron chi connectivity index (χ2n) is 7.31. The first kappa shape index (κ1) is 17.4. The predicted molar refractivity (Wildman–Crippen MR) is 96.0 cm³/mol. The normalized spacial score (nSPS) is 22.4. The number of carbonyl (C=O) groups excluding carboxylic acids is 1. The summed E-state index contributed by atoms with van der Waals surface area (Å²) in [5.74, 6) is 0.817. The summed E-state index contributed by atoms with van der Waals surface area (Å²) < 4.78 is 5.57. The van der Waals surface area contributed by atoms with Crippen LogP contribution in [0.15, 0.2) is 24.3 Å². The Bertz CT molecular complexity index is 557. The van der Waals surface area contributed by atoms with Gasteiger partial charge >= 0.3 is 0 Å². The van der Waals surface area contributed by atoms with Crippen LogP contribution in [0, 0.1) is 5.92 Å². The number of morpholine rings is 1. The van der Waals surface area contributed by atoms with Crippen LogP contribution in [-0.2, 0) is 16.1 Å². The quantitative estimate of drug-likeness (QED) is 0.868. The molecule has 1 aliphatic carbocycles. The summed E-state index contributed by atoms with van der Waals surface area (Å²) in [4.78, 5) is 17.2. The molecule has 5 heteroatoms. The fourth-order valence-electron chi connectivity index (χ4n) is 3.44. The van der Waals surface area contributed by atoms with E-state index in [1.54, 1.807) is 0 Å². The van der Waals surface area contributed by atoms with Crippen molar-refractivity contribution in [3.05, 3.63) is 29.8 Å². The smallest absolute Gasteiger partial charge is 0.244 e. The first-order valence-electron chi connectivity index (χ1n) is 8.98. The Kier molecular flexibility index (Phi) is 5.87. The van der Waals surface area contributed by atoms with Crippen molar-refractivity contribution in [2.75, 3.05) is 45.7 Å². The van der Waals surface area contributed by atoms with Gasteiger partial charge in [0.1, 0.15) is 6.04 Å². The number of rotatable bonds is 6. The summed E-state index contributed by atoms with van der Waals surface area (Å²) >= 11 is 0. The van der Waals surface area contributed by atoms with Crippen LogP contribution in [0.4, 0.5) is 5.69 Å². The average molecular weight is 331 g/mol. The van der Waals surface area contributed by atoms with E-state index >= 15 is 0 Å². The Balaban J connectivity index is 1.61. The molecule has 132 valence electrons. The van der Waals surface area contributed by atoms with Gasteiger partial charge in [0, 0.05) is 25.3 Å². The summed E-state index contributed by atoms with van der Waals surface area (Å²) in [6.07, 6.45) is 3.95. The minimum Gasteiger partial charge on any atom is -0.378 e. The molecule has 0 bridgehead atoms. The van der Waals surface area contributed by atoms with Crippen molar-refractivity contribution in [2.45, 2.75) is 31.8 Å². The maximum Gasteiger partial charge on any atom is 0.244 e. The van der Waals surface area contributed by atoms with E-state index in [9.17, 15) is 4.79 Å². The lowest BCUT2D eigenvalue weighted by atomic mass is 9.84. The fraction of sp³-hybridized carbons (Fsp3) is 0.632. The Morgan fingerprint density at radius 2 is 2.21 bits per heavy atom. The van der Waals surface area contributed by atoms with Gasteiger partial charge < -0.3 is 15.0 Å². The number of ether oxygens (including phenoxy) is 1. The third kappa shape index (κ3) is 4.56. The second kappa shape index (κ2) is 8.10. The standard InChI is InChI=1S/C19H29N3O2/c1-21(2)12-16-7-4-8-17(11-16)20-19(23)18-14-24-10-9-22(18)13-15-5-3-6-15/h4,7-8,11,15,18H,3,5-6,9-10,12-14H2,1-2H3,(H,20,23)/t18-/m0/s1. The number of carbonyl (C=O) groups is 1. The zero-order valence-electron chi connectivity index (χ0n) is 14.8. The maximum absolute atomic E-state index is 12.8. The topological polar surface area (TPSA) is 44.8 Å². The number of nitrogens with one attached hydrogen (secondary N) is 1. The molecular weight excluding hydrogens is 302 g/mol. The number of nitrogens with zero attached hydrogens (tertiary/aromatic N) is 2. The van der Waals surface area contributed by atoms with Crippen molar-refractivity contribution in [1.82, 2.24) is 9.80 Å². The lowest BCUT2D eigenvalue weighted by Gasteiger charge is -2.39. The lowest BCUT2D eigenvalue weighted by molar-refractivity contribution is -0.128. The van der Waals surface area contributed by atoms with Gasteiger partial charge in [-0.15, -0.1) is 0 Å². The van der Waals surface area contributed by atoms with E-state index in [0.717, 1.165) is 37.8 Å². The summed E-state index contributed by atoms with van der Waals surface area (Å²) in [5.41, 5.74) is 2.07. The summed E-state index contributed by atoms with van der Waals surface area (Å²) in [5, 5.41) is 3.09. The maximum atomic E-state index is 12.8. The zero-order valence-corrected chi connectivity index (χ0v) is 14.8. The molecule has 1 heterocycles. The van der Waals surface area contributed by atoms with Crippen LogP contribution in [0.2, 0.25) is 0 Å². The van der Waals surface area contributed by atoms with Crippen LogP contribution in [0.5, 0.6) is 0 Å². The van der Waals surface area contributed by atoms with Gasteiger partial charge in [0.05, 0.1) is 13.2 Å². The highest BCUT2D eigenvalue weighted by molar-refractivity contribution is 5.95. The molecule has 5 nitrogen and oxygen atoms in total. The first-order valence-corrected chi connectivity index (χ1v) is 8.98. The minimum atomic E-state index is -0.170. The van der Waals surface area contributed by atoms with Crippen LogP contribution in [0.25, 0.3) is 0 Å². The monoisotopic (exact) mass is 331 g/mol. The van der Waals surface area contributed by atoms with E-state index in [1.165, 1.54) is 24.8 Å². The second-order valence-corrected chi connectivity index (χ2v) is 7.31. The molecular formula is C19H29N3O2. The van der Waals surface area contributed by atoms with Crippen molar-refractivity contribution in [3.63, 3.8) is 0 Å². The molecule has 2 fully saturated rings. The van der Waals surface area contributed by atoms with Gasteiger partial charge in [-0.05, 0) is 50.6 Å². The highest BCUT2D eigenvalue weighted by atomic mass is 16.5. The molecule has 0 spiro atoms. The third-order valence-corrected chi connectivity index (χ3v) is 4.95. The number of anilines is 1. The molecule has 1 amide bonds. The summed E-state index contributed by atoms with van der Waals surface area (Å²) in [6.45, 7) is 3.98. The van der Waals surface area contributed by atoms with Gasteiger partial charge in [-0.2, -0.15) is 0 Å². The van der Waals surface area contributed by atoms with Gasteiger partial charge in [0.15, 0.2) is 0 Å². The molecule has 24 heavy (non-hydrogen) atoms. The van der Waals surface area contributed by atoms with Crippen LogP contribution in [-0.4, -0.2) is 62.1 Å². The number of benzene rings is 1. The van der Waals surface area contributed by atoms with Gasteiger partial charge in [-0.3, -0.25) is 9.69 Å². The SMILES string of the molecule is CN(C)Cc1cccc(NC(=O)[C@@H]2COCCN2CC2CCC2)c1. The molecule has 1 atom stereocenters. The molecule has 1 saturated carbocycles. The van der Waals surface area contributed by atoms with Crippen molar-refractivity contribution in [2.24, 2.45) is 5.92 Å². The van der Waals surface area contributed by atoms with Gasteiger partial charge in [0.2, 0.25) is 5.91 Å². The summed E-state index contributed by atoms with van der Waals surface area (Å²) in [7, 11) is 4.09. The molecule has 1 N–H and O–H groups in total. The number of amides is 1. The van der Waals surface area contributed by atoms with E-state index in [4.69, 9.17) is 4.74 Å². The van der Waals surface area contributed by atoms with Crippen molar-refractivity contribution < 1.29 is 9.53 Å². The van der Waals surface area contributed by atoms with E-state index in [0.29, 0.717) is 6.61 Å². The minimum absolute atomic E-state index is 0.0519. The molecule has 0 radical (unpaired) electrons. The van der Waals surface area contributed by atoms with Crippen molar-refractivity contribution in [3.8, 4) is 0 Å². The summed E-state index contributed by atoms with van der Waals surface area (Å²) in [6, 6.07) is 7.92. The predicted octanol–water partition coefficient (Wildman–Crippen LogP) is 2.19. The molecule has 3 rings (SSSR count). The number of hydrogen-bond donors (Lipinski definition) is 1. The van der Waals surface area contributed by atoms with Gasteiger partial charge in [-0.1, -0.05) is 18.6 Å². The Morgan fingerprint density at radius 1 is 1.38 bits per heavy atom. The zero-order chi connectivity index (χ0) is 16.9. The molecule has 1 aromatic carbocycles. The van der Waals surface area contributed by atoms with Crippen LogP contribution in [0.1, 0.15) is 24.8 Å². The largest absolute Gasteiger partial charge is 0.378 e. The van der Waals surface area contributed by atoms with E-state index in [1.807, 2.05) is 26.2 Å². The van der Waals surface area contributed by atoms with Crippen LogP contribution < -0.4 is 5.32 Å². The molecule has 2 aliphatic rings. The van der Waals surface area contributed by atoms with E-state index in [-0.39, 0.29) is 11.9 Å². The first-order chi connectivity index (χ1) is 11.6. The highest BCUT2D eigenvalue weighted by Crippen LogP contribution is 2.28. The van der Waals surface area contributed by atoms with Crippen molar-refractivity contribution in [1.29, 1.82) is 0 Å². The van der Waals surface area contributed by atoms with Gasteiger partial charge in [0.25, 0.3) is 0 Å². The molecule has 0 unspecified atom stereocenters. The molecule has 0 aromatic heterocycles. The molecule has 1 aromatic rings. The van der Waals surface area contributed by atoms with Crippen LogP contribution >= 0.6 is 0 Å². The Labute approximate surface area is 145 Å². The Morgan fingerprint density at radius 3 is 2.92 bits per heavy atom. The lowest BCUT2D eigenvalue weighted by Crippen LogP contribution is -2.53. The van der Waals surface area contributed by atoms with Crippen LogP contribution in [0.3, 0.4) is 0 Å². The molecule has 1 aliphatic heterocycles. The fourth-order valence-corrected chi connectivity index (χ4v) is 3.44. The van der Waals surface area contributed by atoms with Gasteiger partial charge in [-0.25, -0.2) is 0 Å². The van der Waals surface area contributed by atoms with Crippen molar-refractivity contribution >= 4 is 11.6 Å².